The molecule has 0 aliphatic rings. The van der Waals surface area contributed by atoms with E-state index in [-0.39, 0.29) is 5.38 Å². The Morgan fingerprint density at radius 2 is 2.12 bits per heavy atom. The zero-order valence-corrected chi connectivity index (χ0v) is 10.6. The number of aromatic amines is 1. The van der Waals surface area contributed by atoms with E-state index in [1.807, 2.05) is 6.20 Å². The molecule has 1 aromatic heterocycles. The van der Waals surface area contributed by atoms with Crippen molar-refractivity contribution in [3.05, 3.63) is 48.0 Å². The molecule has 0 bridgehead atoms. The Balaban J connectivity index is 2.05. The maximum absolute atomic E-state index is 6.33. The van der Waals surface area contributed by atoms with Crippen LogP contribution in [0.4, 0.5) is 0 Å². The summed E-state index contributed by atoms with van der Waals surface area (Å²) in [5.74, 6) is 0.925. The number of thioether (sulfide) groups is 1. The molecule has 16 heavy (non-hydrogen) atoms. The summed E-state index contributed by atoms with van der Waals surface area (Å²) >= 11 is 8.06. The van der Waals surface area contributed by atoms with Crippen LogP contribution in [0.3, 0.4) is 0 Å². The number of hydrogen-bond donors (Lipinski definition) is 1. The van der Waals surface area contributed by atoms with Crippen LogP contribution in [0, 0.1) is 0 Å². The number of imidazole rings is 1. The lowest BCUT2D eigenvalue weighted by Crippen LogP contribution is -1.97. The number of H-pyrrole nitrogens is 1. The van der Waals surface area contributed by atoms with Crippen LogP contribution in [-0.4, -0.2) is 16.2 Å². The van der Waals surface area contributed by atoms with Gasteiger partial charge in [-0.3, -0.25) is 0 Å². The molecule has 0 fully saturated rings. The Bertz CT molecular complexity index is 425. The highest BCUT2D eigenvalue weighted by atomic mass is 35.5. The molecular formula is C12H13ClN2S. The summed E-state index contributed by atoms with van der Waals surface area (Å²) in [5, 5.41) is -0.0259. The van der Waals surface area contributed by atoms with Crippen molar-refractivity contribution in [2.45, 2.75) is 16.7 Å². The Labute approximate surface area is 104 Å². The highest BCUT2D eigenvalue weighted by molar-refractivity contribution is 7.98. The van der Waals surface area contributed by atoms with Gasteiger partial charge in [-0.1, -0.05) is 12.1 Å². The van der Waals surface area contributed by atoms with Crippen LogP contribution >= 0.6 is 23.4 Å². The first-order valence-corrected chi connectivity index (χ1v) is 6.72. The minimum atomic E-state index is -0.0259. The zero-order chi connectivity index (χ0) is 11.4. The summed E-state index contributed by atoms with van der Waals surface area (Å²) in [7, 11) is 0. The Morgan fingerprint density at radius 3 is 2.69 bits per heavy atom. The summed E-state index contributed by atoms with van der Waals surface area (Å²) in [6.45, 7) is 0. The van der Waals surface area contributed by atoms with E-state index in [1.54, 1.807) is 18.0 Å². The van der Waals surface area contributed by atoms with Gasteiger partial charge in [0, 0.05) is 23.7 Å². The molecule has 0 spiro atoms. The molecule has 1 atom stereocenters. The van der Waals surface area contributed by atoms with Gasteiger partial charge in [0.25, 0.3) is 0 Å². The molecule has 2 nitrogen and oxygen atoms in total. The van der Waals surface area contributed by atoms with Gasteiger partial charge in [0.05, 0.1) is 5.38 Å². The van der Waals surface area contributed by atoms with E-state index in [2.05, 4.69) is 40.5 Å². The van der Waals surface area contributed by atoms with Crippen LogP contribution in [0.15, 0.2) is 41.6 Å². The number of rotatable bonds is 4. The molecule has 0 saturated carbocycles. The number of aromatic nitrogens is 2. The summed E-state index contributed by atoms with van der Waals surface area (Å²) in [5.41, 5.74) is 1.14. The Kier molecular flexibility index (Phi) is 3.91. The second-order valence-electron chi connectivity index (χ2n) is 3.48. The molecule has 0 radical (unpaired) electrons. The first kappa shape index (κ1) is 11.6. The molecule has 0 aliphatic heterocycles. The van der Waals surface area contributed by atoms with Gasteiger partial charge in [-0.15, -0.1) is 23.4 Å². The normalized spacial score (nSPS) is 12.6. The van der Waals surface area contributed by atoms with Crippen LogP contribution in [0.25, 0.3) is 0 Å². The lowest BCUT2D eigenvalue weighted by atomic mass is 10.1. The lowest BCUT2D eigenvalue weighted by Gasteiger charge is -2.08. The van der Waals surface area contributed by atoms with Crippen molar-refractivity contribution >= 4 is 23.4 Å². The van der Waals surface area contributed by atoms with Gasteiger partial charge in [0.2, 0.25) is 0 Å². The van der Waals surface area contributed by atoms with E-state index in [9.17, 15) is 0 Å². The molecule has 1 aromatic carbocycles. The Hall–Kier alpha value is -0.930. The van der Waals surface area contributed by atoms with Crippen LogP contribution < -0.4 is 0 Å². The minimum Gasteiger partial charge on any atom is -0.349 e. The topological polar surface area (TPSA) is 28.7 Å². The molecule has 0 amide bonds. The Morgan fingerprint density at radius 1 is 1.38 bits per heavy atom. The fraction of sp³-hybridized carbons (Fsp3) is 0.250. The standard InChI is InChI=1S/C12H13ClN2S/c1-16-10-4-2-9(3-5-10)11(13)8-12-14-6-7-15-12/h2-7,11H,8H2,1H3,(H,14,15). The van der Waals surface area contributed by atoms with Crippen LogP contribution in [0.1, 0.15) is 16.8 Å². The van der Waals surface area contributed by atoms with Crippen LogP contribution in [0.2, 0.25) is 0 Å². The first-order valence-electron chi connectivity index (χ1n) is 5.06. The van der Waals surface area contributed by atoms with Crippen molar-refractivity contribution in [1.82, 2.24) is 9.97 Å². The SMILES string of the molecule is CSc1ccc(C(Cl)Cc2ncc[nH]2)cc1. The van der Waals surface area contributed by atoms with Crippen molar-refractivity contribution < 1.29 is 0 Å². The van der Waals surface area contributed by atoms with Crippen LogP contribution in [-0.2, 0) is 6.42 Å². The van der Waals surface area contributed by atoms with Gasteiger partial charge >= 0.3 is 0 Å². The quantitative estimate of drug-likeness (QED) is 0.665. The summed E-state index contributed by atoms with van der Waals surface area (Å²) in [4.78, 5) is 8.49. The third kappa shape index (κ3) is 2.80. The third-order valence-corrected chi connectivity index (χ3v) is 3.55. The smallest absolute Gasteiger partial charge is 0.107 e. The fourth-order valence-corrected chi connectivity index (χ4v) is 2.21. The number of alkyl halides is 1. The van der Waals surface area contributed by atoms with Crippen molar-refractivity contribution in [1.29, 1.82) is 0 Å². The molecule has 2 aromatic rings. The monoisotopic (exact) mass is 252 g/mol. The van der Waals surface area contributed by atoms with E-state index < -0.39 is 0 Å². The summed E-state index contributed by atoms with van der Waals surface area (Å²) in [6.07, 6.45) is 6.36. The summed E-state index contributed by atoms with van der Waals surface area (Å²) in [6, 6.07) is 8.34. The number of benzene rings is 1. The predicted octanol–water partition coefficient (Wildman–Crippen LogP) is 3.65. The predicted molar refractivity (Wildman–Crippen MR) is 69.1 cm³/mol. The van der Waals surface area contributed by atoms with E-state index in [1.165, 1.54) is 4.90 Å². The van der Waals surface area contributed by atoms with Crippen molar-refractivity contribution in [3.63, 3.8) is 0 Å². The maximum atomic E-state index is 6.33. The highest BCUT2D eigenvalue weighted by Gasteiger charge is 2.09. The molecule has 1 unspecified atom stereocenters. The van der Waals surface area contributed by atoms with E-state index in [0.717, 1.165) is 17.8 Å². The van der Waals surface area contributed by atoms with Gasteiger partial charge in [0.15, 0.2) is 0 Å². The molecule has 0 saturated heterocycles. The maximum Gasteiger partial charge on any atom is 0.107 e. The zero-order valence-electron chi connectivity index (χ0n) is 8.98. The van der Waals surface area contributed by atoms with Crippen molar-refractivity contribution in [2.75, 3.05) is 6.26 Å². The molecule has 4 heteroatoms. The lowest BCUT2D eigenvalue weighted by molar-refractivity contribution is 0.854. The average molecular weight is 253 g/mol. The first-order chi connectivity index (χ1) is 7.79. The van der Waals surface area contributed by atoms with Crippen LogP contribution in [0.5, 0.6) is 0 Å². The van der Waals surface area contributed by atoms with E-state index in [4.69, 9.17) is 11.6 Å². The summed E-state index contributed by atoms with van der Waals surface area (Å²) < 4.78 is 0. The molecular weight excluding hydrogens is 240 g/mol. The molecule has 84 valence electrons. The second kappa shape index (κ2) is 5.41. The van der Waals surface area contributed by atoms with Gasteiger partial charge in [0.1, 0.15) is 5.82 Å². The van der Waals surface area contributed by atoms with Crippen molar-refractivity contribution in [3.8, 4) is 0 Å². The number of nitrogens with zero attached hydrogens (tertiary/aromatic N) is 1. The average Bonchev–Trinajstić information content (AvgIpc) is 2.82. The van der Waals surface area contributed by atoms with Gasteiger partial charge in [-0.05, 0) is 24.0 Å². The molecule has 0 aliphatic carbocycles. The molecule has 1 N–H and O–H groups in total. The molecule has 2 rings (SSSR count). The molecule has 1 heterocycles. The minimum absolute atomic E-state index is 0.0259. The highest BCUT2D eigenvalue weighted by Crippen LogP contribution is 2.25. The number of hydrogen-bond acceptors (Lipinski definition) is 2. The second-order valence-corrected chi connectivity index (χ2v) is 4.89. The number of nitrogens with one attached hydrogen (secondary N) is 1. The fourth-order valence-electron chi connectivity index (χ4n) is 1.51. The van der Waals surface area contributed by atoms with E-state index in [0.29, 0.717) is 0 Å². The van der Waals surface area contributed by atoms with Gasteiger partial charge in [-0.25, -0.2) is 4.98 Å². The largest absolute Gasteiger partial charge is 0.349 e. The van der Waals surface area contributed by atoms with E-state index >= 15 is 0 Å². The third-order valence-electron chi connectivity index (χ3n) is 2.40. The van der Waals surface area contributed by atoms with Crippen molar-refractivity contribution in [2.24, 2.45) is 0 Å². The number of halogens is 1. The van der Waals surface area contributed by atoms with Gasteiger partial charge < -0.3 is 4.98 Å². The van der Waals surface area contributed by atoms with Gasteiger partial charge in [-0.2, -0.15) is 0 Å².